The first-order valence-corrected chi connectivity index (χ1v) is 5.77. The molecule has 4 N–H and O–H groups in total. The van der Waals surface area contributed by atoms with Crippen molar-refractivity contribution in [3.05, 3.63) is 0 Å². The number of aliphatic hydroxyl groups excluding tert-OH is 2. The molecule has 0 aromatic carbocycles. The Kier molecular flexibility index (Phi) is 4.48. The van der Waals surface area contributed by atoms with Gasteiger partial charge in [-0.15, -0.1) is 0 Å². The van der Waals surface area contributed by atoms with Gasteiger partial charge in [-0.05, 0) is 6.92 Å². The van der Waals surface area contributed by atoms with Gasteiger partial charge in [0, 0.05) is 5.92 Å². The number of hydrogen-bond acceptors (Lipinski definition) is 5. The summed E-state index contributed by atoms with van der Waals surface area (Å²) in [7, 11) is 0. The number of amides is 1. The lowest BCUT2D eigenvalue weighted by Crippen LogP contribution is -2.66. The highest BCUT2D eigenvalue weighted by molar-refractivity contribution is 5.77. The van der Waals surface area contributed by atoms with Gasteiger partial charge in [0.1, 0.15) is 17.8 Å². The number of nitrogens with one attached hydrogen (secondary N) is 1. The summed E-state index contributed by atoms with van der Waals surface area (Å²) >= 11 is 0. The summed E-state index contributed by atoms with van der Waals surface area (Å²) < 4.78 is 5.08. The number of carbonyl (C=O) groups is 1. The lowest BCUT2D eigenvalue weighted by molar-refractivity contribution is -0.235. The molecule has 2 unspecified atom stereocenters. The number of ether oxygens (including phenoxy) is 1. The Labute approximate surface area is 101 Å². The minimum absolute atomic E-state index is 0.0632. The number of aliphatic hydroxyl groups is 3. The van der Waals surface area contributed by atoms with E-state index in [1.165, 1.54) is 0 Å². The number of hydrogen-bond donors (Lipinski definition) is 4. The molecule has 1 saturated heterocycles. The normalized spacial score (nSPS) is 38.2. The molecule has 0 aromatic rings. The predicted octanol–water partition coefficient (Wildman–Crippen LogP) is -1.37. The SMILES string of the molecule is CC(C)C(=O)NCC1(O)[C@H](O)COC(C)[C@H]1O. The summed E-state index contributed by atoms with van der Waals surface area (Å²) in [4.78, 5) is 11.4. The summed E-state index contributed by atoms with van der Waals surface area (Å²) in [5, 5.41) is 32.2. The van der Waals surface area contributed by atoms with Crippen LogP contribution in [0.3, 0.4) is 0 Å². The Morgan fingerprint density at radius 3 is 2.65 bits per heavy atom. The zero-order valence-electron chi connectivity index (χ0n) is 10.4. The third kappa shape index (κ3) is 2.95. The maximum absolute atomic E-state index is 11.4. The van der Waals surface area contributed by atoms with Gasteiger partial charge in [-0.25, -0.2) is 0 Å². The van der Waals surface area contributed by atoms with Crippen LogP contribution < -0.4 is 5.32 Å². The molecule has 0 aromatic heterocycles. The Morgan fingerprint density at radius 2 is 2.12 bits per heavy atom. The molecule has 0 spiro atoms. The Hall–Kier alpha value is -0.690. The fraction of sp³-hybridized carbons (Fsp3) is 0.909. The highest BCUT2D eigenvalue weighted by Gasteiger charge is 2.49. The van der Waals surface area contributed by atoms with Crippen molar-refractivity contribution in [2.45, 2.75) is 44.7 Å². The molecule has 1 amide bonds. The van der Waals surface area contributed by atoms with Crippen LogP contribution in [0.5, 0.6) is 0 Å². The summed E-state index contributed by atoms with van der Waals surface area (Å²) in [5.74, 6) is -0.456. The van der Waals surface area contributed by atoms with Crippen molar-refractivity contribution in [2.75, 3.05) is 13.2 Å². The minimum atomic E-state index is -1.76. The van der Waals surface area contributed by atoms with E-state index in [4.69, 9.17) is 4.74 Å². The van der Waals surface area contributed by atoms with Gasteiger partial charge in [0.15, 0.2) is 0 Å². The van der Waals surface area contributed by atoms with Crippen molar-refractivity contribution in [1.29, 1.82) is 0 Å². The van der Waals surface area contributed by atoms with Crippen molar-refractivity contribution in [3.8, 4) is 0 Å². The Morgan fingerprint density at radius 1 is 1.53 bits per heavy atom. The summed E-state index contributed by atoms with van der Waals surface area (Å²) in [6, 6.07) is 0. The van der Waals surface area contributed by atoms with Gasteiger partial charge in [0.2, 0.25) is 5.91 Å². The number of rotatable bonds is 3. The van der Waals surface area contributed by atoms with E-state index in [0.29, 0.717) is 0 Å². The van der Waals surface area contributed by atoms with E-state index in [1.54, 1.807) is 20.8 Å². The Bertz CT molecular complexity index is 283. The van der Waals surface area contributed by atoms with Crippen molar-refractivity contribution < 1.29 is 24.9 Å². The minimum Gasteiger partial charge on any atom is -0.388 e. The molecule has 100 valence electrons. The van der Waals surface area contributed by atoms with Crippen LogP contribution in [0.4, 0.5) is 0 Å². The molecule has 6 heteroatoms. The van der Waals surface area contributed by atoms with E-state index in [1.807, 2.05) is 0 Å². The fourth-order valence-electron chi connectivity index (χ4n) is 1.74. The van der Waals surface area contributed by atoms with Gasteiger partial charge >= 0.3 is 0 Å². The second-order valence-electron chi connectivity index (χ2n) is 4.86. The lowest BCUT2D eigenvalue weighted by Gasteiger charge is -2.43. The van der Waals surface area contributed by atoms with Gasteiger partial charge in [-0.3, -0.25) is 4.79 Å². The molecule has 0 saturated carbocycles. The topological polar surface area (TPSA) is 99.0 Å². The molecule has 1 fully saturated rings. The summed E-state index contributed by atoms with van der Waals surface area (Å²) in [6.45, 7) is 4.79. The third-order valence-electron chi connectivity index (χ3n) is 3.12. The van der Waals surface area contributed by atoms with E-state index in [-0.39, 0.29) is 25.0 Å². The van der Waals surface area contributed by atoms with Crippen LogP contribution in [0.25, 0.3) is 0 Å². The highest BCUT2D eigenvalue weighted by Crippen LogP contribution is 2.25. The highest BCUT2D eigenvalue weighted by atomic mass is 16.5. The van der Waals surface area contributed by atoms with E-state index < -0.39 is 23.9 Å². The average molecular weight is 247 g/mol. The molecule has 0 aliphatic carbocycles. The van der Waals surface area contributed by atoms with Crippen LogP contribution in [0.2, 0.25) is 0 Å². The monoisotopic (exact) mass is 247 g/mol. The van der Waals surface area contributed by atoms with Crippen LogP contribution >= 0.6 is 0 Å². The van der Waals surface area contributed by atoms with Crippen molar-refractivity contribution >= 4 is 5.91 Å². The van der Waals surface area contributed by atoms with E-state index >= 15 is 0 Å². The smallest absolute Gasteiger partial charge is 0.222 e. The van der Waals surface area contributed by atoms with Crippen LogP contribution in [-0.4, -0.2) is 58.3 Å². The third-order valence-corrected chi connectivity index (χ3v) is 3.12. The second-order valence-corrected chi connectivity index (χ2v) is 4.86. The quantitative estimate of drug-likeness (QED) is 0.493. The molecule has 0 bridgehead atoms. The maximum atomic E-state index is 11.4. The van der Waals surface area contributed by atoms with Gasteiger partial charge in [-0.2, -0.15) is 0 Å². The van der Waals surface area contributed by atoms with E-state index in [2.05, 4.69) is 5.32 Å². The molecule has 0 radical (unpaired) electrons. The first-order valence-electron chi connectivity index (χ1n) is 5.77. The molecule has 17 heavy (non-hydrogen) atoms. The van der Waals surface area contributed by atoms with Crippen molar-refractivity contribution in [3.63, 3.8) is 0 Å². The number of carbonyl (C=O) groups excluding carboxylic acids is 1. The molecule has 1 rings (SSSR count). The van der Waals surface area contributed by atoms with Gasteiger partial charge in [0.25, 0.3) is 0 Å². The molecule has 4 atom stereocenters. The molecular formula is C11H21NO5. The lowest BCUT2D eigenvalue weighted by atomic mass is 9.85. The molecule has 1 aliphatic rings. The predicted molar refractivity (Wildman–Crippen MR) is 60.2 cm³/mol. The molecule has 1 heterocycles. The van der Waals surface area contributed by atoms with Crippen molar-refractivity contribution in [2.24, 2.45) is 5.92 Å². The molecule has 1 aliphatic heterocycles. The second kappa shape index (κ2) is 5.30. The molecule has 6 nitrogen and oxygen atoms in total. The fourth-order valence-corrected chi connectivity index (χ4v) is 1.74. The van der Waals surface area contributed by atoms with Gasteiger partial charge in [0.05, 0.1) is 19.3 Å². The van der Waals surface area contributed by atoms with E-state index in [0.717, 1.165) is 0 Å². The largest absolute Gasteiger partial charge is 0.388 e. The summed E-state index contributed by atoms with van der Waals surface area (Å²) in [5.41, 5.74) is -1.76. The zero-order valence-corrected chi connectivity index (χ0v) is 10.4. The first kappa shape index (κ1) is 14.4. The van der Waals surface area contributed by atoms with Crippen LogP contribution in [-0.2, 0) is 9.53 Å². The Balaban J connectivity index is 2.67. The van der Waals surface area contributed by atoms with Gasteiger partial charge in [-0.1, -0.05) is 13.8 Å². The summed E-state index contributed by atoms with van der Waals surface area (Å²) in [6.07, 6.45) is -3.04. The standard InChI is InChI=1S/C11H21NO5/c1-6(2)10(15)12-5-11(16)8(13)4-17-7(3)9(11)14/h6-9,13-14,16H,4-5H2,1-3H3,(H,12,15)/t7?,8-,9-,11?/m1/s1. The van der Waals surface area contributed by atoms with Crippen LogP contribution in [0.15, 0.2) is 0 Å². The zero-order chi connectivity index (χ0) is 13.2. The van der Waals surface area contributed by atoms with E-state index in [9.17, 15) is 20.1 Å². The average Bonchev–Trinajstić information content (AvgIpc) is 2.28. The van der Waals surface area contributed by atoms with Crippen LogP contribution in [0.1, 0.15) is 20.8 Å². The first-order chi connectivity index (χ1) is 7.79. The van der Waals surface area contributed by atoms with Crippen LogP contribution in [0, 0.1) is 5.92 Å². The van der Waals surface area contributed by atoms with Gasteiger partial charge < -0.3 is 25.4 Å². The molecular weight excluding hydrogens is 226 g/mol. The van der Waals surface area contributed by atoms with Crippen molar-refractivity contribution in [1.82, 2.24) is 5.32 Å². The maximum Gasteiger partial charge on any atom is 0.222 e.